The Morgan fingerprint density at radius 2 is 1.71 bits per heavy atom. The molecule has 1 N–H and O–H groups in total. The van der Waals surface area contributed by atoms with Crippen molar-refractivity contribution >= 4 is 0 Å². The monoisotopic (exact) mass is 248 g/mol. The second kappa shape index (κ2) is 5.40. The molecule has 1 aromatic rings. The van der Waals surface area contributed by atoms with Crippen LogP contribution >= 0.6 is 0 Å². The first-order valence-corrected chi connectivity index (χ1v) is 5.31. The van der Waals surface area contributed by atoms with E-state index >= 15 is 0 Å². The number of hydrogen-bond donors (Lipinski definition) is 1. The molecule has 1 atom stereocenters. The molecule has 0 radical (unpaired) electrons. The minimum Gasteiger partial charge on any atom is -0.406 e. The second-order valence-electron chi connectivity index (χ2n) is 4.26. The van der Waals surface area contributed by atoms with Crippen LogP contribution in [0.1, 0.15) is 31.9 Å². The molecule has 0 saturated carbocycles. The van der Waals surface area contributed by atoms with Gasteiger partial charge in [0.15, 0.2) is 0 Å². The van der Waals surface area contributed by atoms with Gasteiger partial charge in [-0.1, -0.05) is 26.0 Å². The molecule has 0 aliphatic carbocycles. The van der Waals surface area contributed by atoms with Crippen molar-refractivity contribution < 1.29 is 23.0 Å². The third-order valence-corrected chi connectivity index (χ3v) is 2.19. The number of benzene rings is 1. The highest BCUT2D eigenvalue weighted by Crippen LogP contribution is 2.26. The third-order valence-electron chi connectivity index (χ3n) is 2.19. The quantitative estimate of drug-likeness (QED) is 0.881. The molecule has 0 heterocycles. The van der Waals surface area contributed by atoms with Gasteiger partial charge in [-0.25, -0.2) is 0 Å². The van der Waals surface area contributed by atoms with E-state index in [9.17, 15) is 18.3 Å². The lowest BCUT2D eigenvalue weighted by Gasteiger charge is -2.14. The van der Waals surface area contributed by atoms with Crippen LogP contribution in [0.25, 0.3) is 0 Å². The Morgan fingerprint density at radius 1 is 1.18 bits per heavy atom. The lowest BCUT2D eigenvalue weighted by molar-refractivity contribution is -0.274. The predicted molar refractivity (Wildman–Crippen MR) is 57.5 cm³/mol. The average Bonchev–Trinajstić information content (AvgIpc) is 2.15. The molecule has 0 aromatic heterocycles. The molecule has 17 heavy (non-hydrogen) atoms. The van der Waals surface area contributed by atoms with Crippen molar-refractivity contribution in [2.24, 2.45) is 5.92 Å². The van der Waals surface area contributed by atoms with Gasteiger partial charge in [0, 0.05) is 0 Å². The largest absolute Gasteiger partial charge is 0.573 e. The first-order valence-electron chi connectivity index (χ1n) is 5.31. The normalized spacial score (nSPS) is 13.8. The zero-order valence-corrected chi connectivity index (χ0v) is 9.66. The van der Waals surface area contributed by atoms with Crippen LogP contribution < -0.4 is 4.74 Å². The highest BCUT2D eigenvalue weighted by atomic mass is 19.4. The summed E-state index contributed by atoms with van der Waals surface area (Å²) in [4.78, 5) is 0. The molecule has 0 fully saturated rings. The van der Waals surface area contributed by atoms with Crippen molar-refractivity contribution in [3.05, 3.63) is 29.8 Å². The van der Waals surface area contributed by atoms with Crippen LogP contribution in [0.15, 0.2) is 24.3 Å². The van der Waals surface area contributed by atoms with Gasteiger partial charge >= 0.3 is 6.36 Å². The zero-order chi connectivity index (χ0) is 13.1. The molecule has 96 valence electrons. The van der Waals surface area contributed by atoms with Crippen LogP contribution in [0, 0.1) is 5.92 Å². The molecule has 0 amide bonds. The Kier molecular flexibility index (Phi) is 4.40. The predicted octanol–water partition coefficient (Wildman–Crippen LogP) is 3.66. The molecule has 0 bridgehead atoms. The van der Waals surface area contributed by atoms with E-state index in [1.165, 1.54) is 24.3 Å². The standard InChI is InChI=1S/C12H15F3O2/c1-8(2)7-11(16)9-3-5-10(6-4-9)17-12(13,14)15/h3-6,8,11,16H,7H2,1-2H3. The van der Waals surface area contributed by atoms with Gasteiger partial charge in [-0.05, 0) is 30.0 Å². The summed E-state index contributed by atoms with van der Waals surface area (Å²) in [6.45, 7) is 3.93. The van der Waals surface area contributed by atoms with Gasteiger partial charge in [0.2, 0.25) is 0 Å². The topological polar surface area (TPSA) is 29.5 Å². The summed E-state index contributed by atoms with van der Waals surface area (Å²) in [6.07, 6.45) is -4.77. The van der Waals surface area contributed by atoms with Crippen LogP contribution in [0.4, 0.5) is 13.2 Å². The van der Waals surface area contributed by atoms with Crippen LogP contribution in [0.2, 0.25) is 0 Å². The van der Waals surface area contributed by atoms with Gasteiger partial charge in [-0.2, -0.15) is 0 Å². The van der Waals surface area contributed by atoms with Crippen molar-refractivity contribution in [1.82, 2.24) is 0 Å². The fourth-order valence-electron chi connectivity index (χ4n) is 1.47. The summed E-state index contributed by atoms with van der Waals surface area (Å²) in [5.41, 5.74) is 0.591. The number of rotatable bonds is 4. The minimum absolute atomic E-state index is 0.280. The zero-order valence-electron chi connectivity index (χ0n) is 9.66. The summed E-state index contributed by atoms with van der Waals surface area (Å²) < 4.78 is 39.4. The Morgan fingerprint density at radius 3 is 2.12 bits per heavy atom. The SMILES string of the molecule is CC(C)CC(O)c1ccc(OC(F)(F)F)cc1. The molecule has 1 rings (SSSR count). The summed E-state index contributed by atoms with van der Waals surface area (Å²) in [6, 6.07) is 5.28. The summed E-state index contributed by atoms with van der Waals surface area (Å²) in [7, 11) is 0. The molecule has 1 aromatic carbocycles. The highest BCUT2D eigenvalue weighted by molar-refractivity contribution is 5.28. The molecule has 1 unspecified atom stereocenters. The van der Waals surface area contributed by atoms with E-state index in [0.717, 1.165) is 0 Å². The van der Waals surface area contributed by atoms with E-state index < -0.39 is 12.5 Å². The maximum atomic E-state index is 11.9. The van der Waals surface area contributed by atoms with E-state index in [1.54, 1.807) is 0 Å². The van der Waals surface area contributed by atoms with E-state index in [2.05, 4.69) is 4.74 Å². The fraction of sp³-hybridized carbons (Fsp3) is 0.500. The molecular formula is C12H15F3O2. The summed E-state index contributed by atoms with van der Waals surface area (Å²) in [5.74, 6) is 0.0362. The molecule has 0 aliphatic rings. The molecule has 2 nitrogen and oxygen atoms in total. The fourth-order valence-corrected chi connectivity index (χ4v) is 1.47. The third kappa shape index (κ3) is 5.08. The number of aliphatic hydroxyl groups is 1. The Labute approximate surface area is 98.0 Å². The molecule has 0 aliphatic heterocycles. The number of aliphatic hydroxyl groups excluding tert-OH is 1. The van der Waals surface area contributed by atoms with Crippen molar-refractivity contribution in [3.8, 4) is 5.75 Å². The first kappa shape index (κ1) is 13.8. The van der Waals surface area contributed by atoms with Crippen molar-refractivity contribution in [3.63, 3.8) is 0 Å². The van der Waals surface area contributed by atoms with Crippen LogP contribution in [0.5, 0.6) is 5.75 Å². The average molecular weight is 248 g/mol. The van der Waals surface area contributed by atoms with Gasteiger partial charge in [-0.3, -0.25) is 0 Å². The maximum absolute atomic E-state index is 11.9. The van der Waals surface area contributed by atoms with Crippen LogP contribution in [0.3, 0.4) is 0 Å². The van der Waals surface area contributed by atoms with Gasteiger partial charge in [-0.15, -0.1) is 13.2 Å². The number of halogens is 3. The van der Waals surface area contributed by atoms with Crippen molar-refractivity contribution in [2.75, 3.05) is 0 Å². The smallest absolute Gasteiger partial charge is 0.406 e. The Hall–Kier alpha value is -1.23. The Bertz CT molecular complexity index is 344. The molecular weight excluding hydrogens is 233 g/mol. The number of ether oxygens (including phenoxy) is 1. The number of alkyl halides is 3. The lowest BCUT2D eigenvalue weighted by Crippen LogP contribution is -2.17. The summed E-state index contributed by atoms with van der Waals surface area (Å²) in [5, 5.41) is 9.75. The molecule has 0 saturated heterocycles. The molecule has 0 spiro atoms. The van der Waals surface area contributed by atoms with E-state index in [1.807, 2.05) is 13.8 Å². The van der Waals surface area contributed by atoms with Crippen LogP contribution in [-0.2, 0) is 0 Å². The van der Waals surface area contributed by atoms with Crippen molar-refractivity contribution in [2.45, 2.75) is 32.7 Å². The van der Waals surface area contributed by atoms with Gasteiger partial charge in [0.1, 0.15) is 5.75 Å². The van der Waals surface area contributed by atoms with Crippen LogP contribution in [-0.4, -0.2) is 11.5 Å². The van der Waals surface area contributed by atoms with E-state index in [0.29, 0.717) is 17.9 Å². The summed E-state index contributed by atoms with van der Waals surface area (Å²) >= 11 is 0. The van der Waals surface area contributed by atoms with Gasteiger partial charge in [0.05, 0.1) is 6.10 Å². The minimum atomic E-state index is -4.68. The second-order valence-corrected chi connectivity index (χ2v) is 4.26. The molecule has 5 heteroatoms. The maximum Gasteiger partial charge on any atom is 0.573 e. The highest BCUT2D eigenvalue weighted by Gasteiger charge is 2.31. The van der Waals surface area contributed by atoms with E-state index in [-0.39, 0.29) is 5.75 Å². The Balaban J connectivity index is 2.67. The van der Waals surface area contributed by atoms with Gasteiger partial charge < -0.3 is 9.84 Å². The van der Waals surface area contributed by atoms with Crippen molar-refractivity contribution in [1.29, 1.82) is 0 Å². The lowest BCUT2D eigenvalue weighted by atomic mass is 10.00. The van der Waals surface area contributed by atoms with E-state index in [4.69, 9.17) is 0 Å². The number of hydrogen-bond acceptors (Lipinski definition) is 2. The van der Waals surface area contributed by atoms with Gasteiger partial charge in [0.25, 0.3) is 0 Å². The first-order chi connectivity index (χ1) is 7.78.